The third kappa shape index (κ3) is 2.61. The smallest absolute Gasteiger partial charge is 0.110 e. The van der Waals surface area contributed by atoms with Crippen LogP contribution in [-0.2, 0) is 20.0 Å². The summed E-state index contributed by atoms with van der Waals surface area (Å²) in [6.45, 7) is 5.11. The van der Waals surface area contributed by atoms with Gasteiger partial charge in [0.2, 0.25) is 0 Å². The van der Waals surface area contributed by atoms with Gasteiger partial charge in [-0.3, -0.25) is 0 Å². The van der Waals surface area contributed by atoms with Crippen molar-refractivity contribution in [2.45, 2.75) is 32.9 Å². The van der Waals surface area contributed by atoms with Crippen molar-refractivity contribution >= 4 is 0 Å². The molecule has 2 N–H and O–H groups in total. The fourth-order valence-corrected chi connectivity index (χ4v) is 1.99. The van der Waals surface area contributed by atoms with Gasteiger partial charge in [-0.15, -0.1) is 0 Å². The number of hydrogen-bond donors (Lipinski definition) is 1. The highest BCUT2D eigenvalue weighted by molar-refractivity contribution is 5.06. The van der Waals surface area contributed by atoms with Gasteiger partial charge in [0.25, 0.3) is 0 Å². The van der Waals surface area contributed by atoms with E-state index < -0.39 is 0 Å². The van der Waals surface area contributed by atoms with E-state index in [-0.39, 0.29) is 6.04 Å². The van der Waals surface area contributed by atoms with Crippen molar-refractivity contribution in [3.8, 4) is 0 Å². The van der Waals surface area contributed by atoms with Crippen LogP contribution in [0.2, 0.25) is 0 Å². The van der Waals surface area contributed by atoms with E-state index in [9.17, 15) is 0 Å². The van der Waals surface area contributed by atoms with Crippen LogP contribution >= 0.6 is 0 Å². The fraction of sp³-hybridized carbons (Fsp3) is 0.538. The summed E-state index contributed by atoms with van der Waals surface area (Å²) in [6.07, 6.45) is 8.38. The Morgan fingerprint density at radius 2 is 2.17 bits per heavy atom. The molecule has 0 aliphatic rings. The molecule has 0 amide bonds. The minimum atomic E-state index is 0.0360. The summed E-state index contributed by atoms with van der Waals surface area (Å²) < 4.78 is 4.17. The van der Waals surface area contributed by atoms with Gasteiger partial charge in [-0.25, -0.2) is 9.97 Å². The first kappa shape index (κ1) is 12.8. The van der Waals surface area contributed by atoms with Gasteiger partial charge in [-0.1, -0.05) is 13.8 Å². The Bertz CT molecular complexity index is 497. The van der Waals surface area contributed by atoms with Gasteiger partial charge in [-0.05, 0) is 5.92 Å². The Kier molecular flexibility index (Phi) is 3.81. The lowest BCUT2D eigenvalue weighted by atomic mass is 10.0. The van der Waals surface area contributed by atoms with Crippen molar-refractivity contribution in [3.05, 3.63) is 36.4 Å². The maximum Gasteiger partial charge on any atom is 0.110 e. The fourth-order valence-electron chi connectivity index (χ4n) is 1.99. The van der Waals surface area contributed by atoms with Crippen LogP contribution in [0.5, 0.6) is 0 Å². The summed E-state index contributed by atoms with van der Waals surface area (Å²) in [5, 5.41) is 0. The van der Waals surface area contributed by atoms with Gasteiger partial charge < -0.3 is 14.9 Å². The van der Waals surface area contributed by atoms with Gasteiger partial charge >= 0.3 is 0 Å². The molecule has 1 unspecified atom stereocenters. The van der Waals surface area contributed by atoms with E-state index in [1.165, 1.54) is 0 Å². The van der Waals surface area contributed by atoms with Crippen LogP contribution in [0, 0.1) is 5.92 Å². The predicted molar refractivity (Wildman–Crippen MR) is 70.9 cm³/mol. The molecule has 0 spiro atoms. The third-order valence-corrected chi connectivity index (χ3v) is 3.30. The SMILES string of the molecule is CC(C)C(N)c1cncn1CCc1nccn1C. The molecule has 2 aromatic heterocycles. The van der Waals surface area contributed by atoms with Crippen LogP contribution in [0.3, 0.4) is 0 Å². The second-order valence-corrected chi connectivity index (χ2v) is 4.99. The quantitative estimate of drug-likeness (QED) is 0.871. The molecular weight excluding hydrogens is 226 g/mol. The summed E-state index contributed by atoms with van der Waals surface area (Å²) in [4.78, 5) is 8.53. The monoisotopic (exact) mass is 247 g/mol. The molecule has 2 heterocycles. The Morgan fingerprint density at radius 1 is 1.39 bits per heavy atom. The van der Waals surface area contributed by atoms with Crippen LogP contribution in [-0.4, -0.2) is 19.1 Å². The Hall–Kier alpha value is -1.62. The minimum Gasteiger partial charge on any atom is -0.338 e. The minimum absolute atomic E-state index is 0.0360. The van der Waals surface area contributed by atoms with Gasteiger partial charge in [0.15, 0.2) is 0 Å². The summed E-state index contributed by atoms with van der Waals surface area (Å²) in [5.74, 6) is 1.49. The summed E-state index contributed by atoms with van der Waals surface area (Å²) in [5.41, 5.74) is 7.28. The molecule has 5 heteroatoms. The van der Waals surface area contributed by atoms with E-state index in [2.05, 4.69) is 28.4 Å². The highest BCUT2D eigenvalue weighted by Gasteiger charge is 2.15. The number of imidazole rings is 2. The Balaban J connectivity index is 2.06. The standard InChI is InChI=1S/C13H21N5/c1-10(2)13(14)11-8-15-9-18(11)6-4-12-16-5-7-17(12)3/h5,7-10,13H,4,6,14H2,1-3H3. The first-order valence-electron chi connectivity index (χ1n) is 6.31. The maximum atomic E-state index is 6.18. The first-order chi connectivity index (χ1) is 8.59. The van der Waals surface area contributed by atoms with Gasteiger partial charge in [0.1, 0.15) is 5.82 Å². The van der Waals surface area contributed by atoms with Crippen LogP contribution in [0.1, 0.15) is 31.4 Å². The van der Waals surface area contributed by atoms with Crippen molar-refractivity contribution in [3.63, 3.8) is 0 Å². The summed E-state index contributed by atoms with van der Waals surface area (Å²) >= 11 is 0. The lowest BCUT2D eigenvalue weighted by molar-refractivity contribution is 0.475. The maximum absolute atomic E-state index is 6.18. The molecular formula is C13H21N5. The molecule has 0 saturated carbocycles. The lowest BCUT2D eigenvalue weighted by Gasteiger charge is -2.17. The average Bonchev–Trinajstić information content (AvgIpc) is 2.94. The van der Waals surface area contributed by atoms with Crippen LogP contribution in [0.4, 0.5) is 0 Å². The van der Waals surface area contributed by atoms with Gasteiger partial charge in [0, 0.05) is 44.6 Å². The molecule has 0 fully saturated rings. The van der Waals surface area contributed by atoms with E-state index in [0.29, 0.717) is 5.92 Å². The van der Waals surface area contributed by atoms with Crippen molar-refractivity contribution in [2.24, 2.45) is 18.7 Å². The number of hydrogen-bond acceptors (Lipinski definition) is 3. The molecule has 98 valence electrons. The van der Waals surface area contributed by atoms with Crippen molar-refractivity contribution in [1.82, 2.24) is 19.1 Å². The topological polar surface area (TPSA) is 61.7 Å². The molecule has 0 aliphatic carbocycles. The zero-order chi connectivity index (χ0) is 13.1. The van der Waals surface area contributed by atoms with Crippen molar-refractivity contribution in [2.75, 3.05) is 0 Å². The average molecular weight is 247 g/mol. The number of aryl methyl sites for hydroxylation is 3. The number of nitrogens with zero attached hydrogens (tertiary/aromatic N) is 4. The molecule has 0 bridgehead atoms. The normalized spacial score (nSPS) is 13.2. The largest absolute Gasteiger partial charge is 0.338 e. The number of nitrogens with two attached hydrogens (primary N) is 1. The van der Waals surface area contributed by atoms with E-state index in [1.54, 1.807) is 0 Å². The van der Waals surface area contributed by atoms with Gasteiger partial charge in [0.05, 0.1) is 12.0 Å². The molecule has 2 rings (SSSR count). The number of rotatable bonds is 5. The van der Waals surface area contributed by atoms with Gasteiger partial charge in [-0.2, -0.15) is 0 Å². The highest BCUT2D eigenvalue weighted by atomic mass is 15.1. The first-order valence-corrected chi connectivity index (χ1v) is 6.31. The summed E-state index contributed by atoms with van der Waals surface area (Å²) in [7, 11) is 2.01. The van der Waals surface area contributed by atoms with Crippen LogP contribution in [0.15, 0.2) is 24.9 Å². The summed E-state index contributed by atoms with van der Waals surface area (Å²) in [6, 6.07) is 0.0360. The third-order valence-electron chi connectivity index (χ3n) is 3.30. The Morgan fingerprint density at radius 3 is 2.78 bits per heavy atom. The van der Waals surface area contributed by atoms with E-state index >= 15 is 0 Å². The molecule has 0 radical (unpaired) electrons. The zero-order valence-electron chi connectivity index (χ0n) is 11.2. The molecule has 0 aromatic carbocycles. The van der Waals surface area contributed by atoms with E-state index in [1.807, 2.05) is 36.5 Å². The molecule has 1 atom stereocenters. The second-order valence-electron chi connectivity index (χ2n) is 4.99. The molecule has 2 aromatic rings. The zero-order valence-corrected chi connectivity index (χ0v) is 11.2. The molecule has 0 saturated heterocycles. The van der Waals surface area contributed by atoms with E-state index in [0.717, 1.165) is 24.5 Å². The second kappa shape index (κ2) is 5.35. The van der Waals surface area contributed by atoms with Crippen molar-refractivity contribution < 1.29 is 0 Å². The lowest BCUT2D eigenvalue weighted by Crippen LogP contribution is -2.21. The van der Waals surface area contributed by atoms with Crippen LogP contribution < -0.4 is 5.73 Å². The van der Waals surface area contributed by atoms with Crippen LogP contribution in [0.25, 0.3) is 0 Å². The predicted octanol–water partition coefficient (Wildman–Crippen LogP) is 1.52. The van der Waals surface area contributed by atoms with Crippen molar-refractivity contribution in [1.29, 1.82) is 0 Å². The molecule has 5 nitrogen and oxygen atoms in total. The molecule has 18 heavy (non-hydrogen) atoms. The van der Waals surface area contributed by atoms with E-state index in [4.69, 9.17) is 5.73 Å². The molecule has 0 aliphatic heterocycles. The Labute approximate surface area is 108 Å². The highest BCUT2D eigenvalue weighted by Crippen LogP contribution is 2.18. The number of aromatic nitrogens is 4.